The highest BCUT2D eigenvalue weighted by atomic mass is 19.3. The van der Waals surface area contributed by atoms with Crippen LogP contribution in [0.5, 0.6) is 5.75 Å². The summed E-state index contributed by atoms with van der Waals surface area (Å²) >= 11 is 0. The number of para-hydroxylation sites is 1. The Balaban J connectivity index is 2.84. The van der Waals surface area contributed by atoms with Gasteiger partial charge in [0, 0.05) is 0 Å². The molecule has 1 aromatic carbocycles. The van der Waals surface area contributed by atoms with Crippen LogP contribution >= 0.6 is 0 Å². The lowest BCUT2D eigenvalue weighted by molar-refractivity contribution is 0.0636. The van der Waals surface area contributed by atoms with Crippen LogP contribution in [0.25, 0.3) is 0 Å². The first-order valence-corrected chi connectivity index (χ1v) is 4.27. The summed E-state index contributed by atoms with van der Waals surface area (Å²) in [6.45, 7) is 1.27. The number of nitrogens with two attached hydrogens (primary N) is 1. The summed E-state index contributed by atoms with van der Waals surface area (Å²) < 4.78 is 24.8. The van der Waals surface area contributed by atoms with Crippen molar-refractivity contribution in [2.24, 2.45) is 5.73 Å². The molecule has 0 heterocycles. The first-order chi connectivity index (χ1) is 6.43. The lowest BCUT2D eigenvalue weighted by Crippen LogP contribution is -2.45. The fourth-order valence-corrected chi connectivity index (χ4v) is 1.15. The van der Waals surface area contributed by atoms with Gasteiger partial charge in [-0.2, -0.15) is 0 Å². The summed E-state index contributed by atoms with van der Waals surface area (Å²) in [7, 11) is 0. The Morgan fingerprint density at radius 2 is 2.00 bits per heavy atom. The van der Waals surface area contributed by atoms with Crippen LogP contribution in [0.15, 0.2) is 24.3 Å². The van der Waals surface area contributed by atoms with Crippen molar-refractivity contribution in [3.05, 3.63) is 29.8 Å². The molecule has 0 radical (unpaired) electrons. The molecular weight excluding hydrogens is 188 g/mol. The molecule has 0 aliphatic carbocycles. The molecule has 0 aliphatic heterocycles. The lowest BCUT2D eigenvalue weighted by atomic mass is 9.94. The van der Waals surface area contributed by atoms with Gasteiger partial charge in [-0.25, -0.2) is 8.78 Å². The van der Waals surface area contributed by atoms with E-state index in [1.54, 1.807) is 18.2 Å². The van der Waals surface area contributed by atoms with Gasteiger partial charge in [0.1, 0.15) is 5.75 Å². The molecule has 78 valence electrons. The normalized spacial score (nSPS) is 15.5. The van der Waals surface area contributed by atoms with Gasteiger partial charge in [-0.3, -0.25) is 0 Å². The third-order valence-electron chi connectivity index (χ3n) is 2.06. The van der Waals surface area contributed by atoms with Crippen LogP contribution in [0, 0.1) is 0 Å². The molecule has 0 aromatic heterocycles. The largest absolute Gasteiger partial charge is 0.508 e. The van der Waals surface area contributed by atoms with Crippen LogP contribution in [-0.4, -0.2) is 17.1 Å². The zero-order valence-electron chi connectivity index (χ0n) is 7.87. The van der Waals surface area contributed by atoms with Crippen molar-refractivity contribution in [1.82, 2.24) is 0 Å². The van der Waals surface area contributed by atoms with Crippen molar-refractivity contribution >= 4 is 0 Å². The van der Waals surface area contributed by atoms with Crippen molar-refractivity contribution in [1.29, 1.82) is 0 Å². The van der Waals surface area contributed by atoms with E-state index >= 15 is 0 Å². The Hall–Kier alpha value is -1.16. The molecule has 0 bridgehead atoms. The number of phenolic OH excluding ortho intramolecular Hbond substituents is 1. The molecule has 2 nitrogen and oxygen atoms in total. The Morgan fingerprint density at radius 3 is 2.50 bits per heavy atom. The molecule has 0 saturated heterocycles. The van der Waals surface area contributed by atoms with E-state index in [1.165, 1.54) is 13.0 Å². The molecule has 1 rings (SSSR count). The van der Waals surface area contributed by atoms with E-state index in [-0.39, 0.29) is 12.2 Å². The zero-order chi connectivity index (χ0) is 10.8. The summed E-state index contributed by atoms with van der Waals surface area (Å²) in [4.78, 5) is 0. The van der Waals surface area contributed by atoms with Gasteiger partial charge in [0.15, 0.2) is 0 Å². The lowest BCUT2D eigenvalue weighted by Gasteiger charge is -2.23. The number of aromatic hydroxyl groups is 1. The second kappa shape index (κ2) is 3.92. The van der Waals surface area contributed by atoms with Gasteiger partial charge in [-0.15, -0.1) is 0 Å². The summed E-state index contributed by atoms with van der Waals surface area (Å²) in [5, 5.41) is 9.36. The van der Waals surface area contributed by atoms with Crippen molar-refractivity contribution in [3.8, 4) is 5.75 Å². The standard InChI is InChI=1S/C10H13F2NO/c1-10(13,9(11)12)6-7-4-2-3-5-8(7)14/h2-5,9,14H,6,13H2,1H3. The monoisotopic (exact) mass is 201 g/mol. The van der Waals surface area contributed by atoms with Crippen LogP contribution in [0.1, 0.15) is 12.5 Å². The summed E-state index contributed by atoms with van der Waals surface area (Å²) in [5.41, 5.74) is 4.24. The van der Waals surface area contributed by atoms with Crippen molar-refractivity contribution in [3.63, 3.8) is 0 Å². The van der Waals surface area contributed by atoms with Crippen molar-refractivity contribution in [2.45, 2.75) is 25.3 Å². The molecule has 0 amide bonds. The molecular formula is C10H13F2NO. The minimum absolute atomic E-state index is 0.00447. The average molecular weight is 201 g/mol. The summed E-state index contributed by atoms with van der Waals surface area (Å²) in [6, 6.07) is 6.35. The molecule has 0 fully saturated rings. The van der Waals surface area contributed by atoms with E-state index in [1.807, 2.05) is 0 Å². The number of halogens is 2. The third-order valence-corrected chi connectivity index (χ3v) is 2.06. The number of hydrogen-bond donors (Lipinski definition) is 2. The fourth-order valence-electron chi connectivity index (χ4n) is 1.15. The van der Waals surface area contributed by atoms with Crippen LogP contribution < -0.4 is 5.73 Å². The number of phenols is 1. The van der Waals surface area contributed by atoms with Gasteiger partial charge in [0.05, 0.1) is 5.54 Å². The van der Waals surface area contributed by atoms with E-state index in [9.17, 15) is 13.9 Å². The highest BCUT2D eigenvalue weighted by Crippen LogP contribution is 2.23. The molecule has 4 heteroatoms. The maximum atomic E-state index is 12.4. The predicted molar refractivity (Wildman–Crippen MR) is 50.4 cm³/mol. The van der Waals surface area contributed by atoms with Crippen LogP contribution in [0.4, 0.5) is 8.78 Å². The Labute approximate surface area is 81.4 Å². The SMILES string of the molecule is CC(N)(Cc1ccccc1O)C(F)F. The van der Waals surface area contributed by atoms with E-state index in [0.717, 1.165) is 0 Å². The van der Waals surface area contributed by atoms with E-state index in [4.69, 9.17) is 5.73 Å². The van der Waals surface area contributed by atoms with E-state index < -0.39 is 12.0 Å². The third kappa shape index (κ3) is 2.42. The summed E-state index contributed by atoms with van der Waals surface area (Å²) in [5.74, 6) is 0.00447. The molecule has 0 spiro atoms. The molecule has 1 unspecified atom stereocenters. The Bertz CT molecular complexity index is 313. The van der Waals surface area contributed by atoms with Gasteiger partial charge in [-0.1, -0.05) is 18.2 Å². The first kappa shape index (κ1) is 10.9. The molecule has 1 atom stereocenters. The van der Waals surface area contributed by atoms with Crippen molar-refractivity contribution < 1.29 is 13.9 Å². The maximum absolute atomic E-state index is 12.4. The number of hydrogen-bond acceptors (Lipinski definition) is 2. The molecule has 3 N–H and O–H groups in total. The van der Waals surface area contributed by atoms with Gasteiger partial charge >= 0.3 is 0 Å². The maximum Gasteiger partial charge on any atom is 0.256 e. The van der Waals surface area contributed by atoms with Crippen LogP contribution in [-0.2, 0) is 6.42 Å². The van der Waals surface area contributed by atoms with Crippen LogP contribution in [0.3, 0.4) is 0 Å². The number of rotatable bonds is 3. The van der Waals surface area contributed by atoms with Gasteiger partial charge < -0.3 is 10.8 Å². The quantitative estimate of drug-likeness (QED) is 0.784. The first-order valence-electron chi connectivity index (χ1n) is 4.27. The predicted octanol–water partition coefficient (Wildman–Crippen LogP) is 1.92. The van der Waals surface area contributed by atoms with Crippen molar-refractivity contribution in [2.75, 3.05) is 0 Å². The van der Waals surface area contributed by atoms with Crippen LogP contribution in [0.2, 0.25) is 0 Å². The van der Waals surface area contributed by atoms with E-state index in [0.29, 0.717) is 5.56 Å². The average Bonchev–Trinajstić information content (AvgIpc) is 2.08. The highest BCUT2D eigenvalue weighted by Gasteiger charge is 2.31. The zero-order valence-corrected chi connectivity index (χ0v) is 7.87. The summed E-state index contributed by atoms with van der Waals surface area (Å²) in [6.07, 6.45) is -2.65. The van der Waals surface area contributed by atoms with Gasteiger partial charge in [0.25, 0.3) is 6.43 Å². The topological polar surface area (TPSA) is 46.2 Å². The second-order valence-electron chi connectivity index (χ2n) is 3.61. The number of benzene rings is 1. The molecule has 1 aromatic rings. The molecule has 0 saturated carbocycles. The highest BCUT2D eigenvalue weighted by molar-refractivity contribution is 5.33. The molecule has 0 aliphatic rings. The van der Waals surface area contributed by atoms with E-state index in [2.05, 4.69) is 0 Å². The smallest absolute Gasteiger partial charge is 0.256 e. The van der Waals surface area contributed by atoms with Gasteiger partial charge in [-0.05, 0) is 25.0 Å². The second-order valence-corrected chi connectivity index (χ2v) is 3.61. The molecule has 14 heavy (non-hydrogen) atoms. The fraction of sp³-hybridized carbons (Fsp3) is 0.400. The Morgan fingerprint density at radius 1 is 1.43 bits per heavy atom. The number of alkyl halides is 2. The minimum Gasteiger partial charge on any atom is -0.508 e. The minimum atomic E-state index is -2.61. The van der Waals surface area contributed by atoms with Gasteiger partial charge in [0.2, 0.25) is 0 Å². The Kier molecular flexibility index (Phi) is 3.06.